The summed E-state index contributed by atoms with van der Waals surface area (Å²) in [7, 11) is 0. The molecule has 0 bridgehead atoms. The Morgan fingerprint density at radius 2 is 2.07 bits per heavy atom. The average molecular weight is 388 g/mol. The lowest BCUT2D eigenvalue weighted by atomic mass is 10.1. The van der Waals surface area contributed by atoms with Crippen LogP contribution in [-0.2, 0) is 22.5 Å². The lowest BCUT2D eigenvalue weighted by Gasteiger charge is -2.09. The van der Waals surface area contributed by atoms with Crippen LogP contribution in [0.3, 0.4) is 0 Å². The molecule has 0 atom stereocenters. The van der Waals surface area contributed by atoms with Crippen LogP contribution in [0.1, 0.15) is 28.2 Å². The number of aryl methyl sites for hydroxylation is 1. The molecule has 1 amide bonds. The molecular weight excluding hydrogens is 372 g/mol. The van der Waals surface area contributed by atoms with Crippen molar-refractivity contribution >= 4 is 28.5 Å². The molecule has 1 N–H and O–H groups in total. The molecule has 8 nitrogen and oxygen atoms in total. The number of aromatic nitrogens is 2. The normalized spacial score (nSPS) is 12.2. The molecular formula is C21H16N4O4. The van der Waals surface area contributed by atoms with E-state index >= 15 is 0 Å². The Morgan fingerprint density at radius 1 is 1.24 bits per heavy atom. The van der Waals surface area contributed by atoms with Gasteiger partial charge in [0.15, 0.2) is 6.61 Å². The van der Waals surface area contributed by atoms with Crippen LogP contribution in [0.25, 0.3) is 10.9 Å². The Balaban J connectivity index is 1.47. The highest BCUT2D eigenvalue weighted by atomic mass is 16.5. The quantitative estimate of drug-likeness (QED) is 0.684. The van der Waals surface area contributed by atoms with Crippen LogP contribution in [0.4, 0.5) is 5.69 Å². The number of fused-ring (bicyclic) bond motifs is 2. The van der Waals surface area contributed by atoms with Crippen molar-refractivity contribution in [2.75, 3.05) is 11.9 Å². The van der Waals surface area contributed by atoms with Gasteiger partial charge in [0.25, 0.3) is 11.5 Å². The van der Waals surface area contributed by atoms with E-state index in [4.69, 9.17) is 10.00 Å². The molecule has 0 fully saturated rings. The summed E-state index contributed by atoms with van der Waals surface area (Å²) >= 11 is 0. The van der Waals surface area contributed by atoms with Crippen LogP contribution in [0.2, 0.25) is 0 Å². The van der Waals surface area contributed by atoms with E-state index in [1.165, 1.54) is 12.1 Å². The highest BCUT2D eigenvalue weighted by Crippen LogP contribution is 2.17. The number of esters is 1. The van der Waals surface area contributed by atoms with E-state index in [2.05, 4.69) is 10.3 Å². The van der Waals surface area contributed by atoms with Crippen LogP contribution >= 0.6 is 0 Å². The third-order valence-corrected chi connectivity index (χ3v) is 4.71. The van der Waals surface area contributed by atoms with Crippen molar-refractivity contribution in [1.29, 1.82) is 5.26 Å². The number of nitrogens with one attached hydrogen (secondary N) is 1. The standard InChI is InChI=1S/C21H16N4O4/c22-11-14-4-1-2-5-16(14)24-19(26)12-29-21(28)13-7-8-15-17(10-13)23-18-6-3-9-25(18)20(15)27/h1-2,4-5,7-8,10H,3,6,9,12H2,(H,24,26). The summed E-state index contributed by atoms with van der Waals surface area (Å²) in [5.41, 5.74) is 1.19. The Kier molecular flexibility index (Phi) is 4.79. The number of amides is 1. The lowest BCUT2D eigenvalue weighted by Crippen LogP contribution is -2.22. The van der Waals surface area contributed by atoms with Gasteiger partial charge in [-0.25, -0.2) is 9.78 Å². The molecule has 0 spiro atoms. The molecule has 0 unspecified atom stereocenters. The van der Waals surface area contributed by atoms with E-state index in [0.29, 0.717) is 34.5 Å². The third kappa shape index (κ3) is 3.58. The van der Waals surface area contributed by atoms with Gasteiger partial charge in [-0.3, -0.25) is 14.2 Å². The number of para-hydroxylation sites is 1. The molecule has 4 rings (SSSR count). The fourth-order valence-electron chi connectivity index (χ4n) is 3.30. The van der Waals surface area contributed by atoms with Gasteiger partial charge in [0.05, 0.1) is 27.7 Å². The molecule has 8 heteroatoms. The summed E-state index contributed by atoms with van der Waals surface area (Å²) in [4.78, 5) is 41.3. The third-order valence-electron chi connectivity index (χ3n) is 4.71. The van der Waals surface area contributed by atoms with Gasteiger partial charge in [0.2, 0.25) is 0 Å². The molecule has 144 valence electrons. The van der Waals surface area contributed by atoms with Gasteiger partial charge in [-0.2, -0.15) is 5.26 Å². The van der Waals surface area contributed by atoms with Crippen molar-refractivity contribution in [3.05, 3.63) is 69.8 Å². The van der Waals surface area contributed by atoms with Crippen LogP contribution in [0.15, 0.2) is 47.3 Å². The molecule has 1 aliphatic rings. The van der Waals surface area contributed by atoms with E-state index in [0.717, 1.165) is 12.8 Å². The number of ether oxygens (including phenoxy) is 1. The van der Waals surface area contributed by atoms with E-state index in [1.807, 2.05) is 6.07 Å². The first-order valence-electron chi connectivity index (χ1n) is 9.06. The first-order valence-corrected chi connectivity index (χ1v) is 9.06. The predicted molar refractivity (Wildman–Crippen MR) is 104 cm³/mol. The van der Waals surface area contributed by atoms with Gasteiger partial charge in [0, 0.05) is 13.0 Å². The first-order chi connectivity index (χ1) is 14.1. The number of nitriles is 1. The van der Waals surface area contributed by atoms with E-state index < -0.39 is 18.5 Å². The van der Waals surface area contributed by atoms with Crippen LogP contribution < -0.4 is 10.9 Å². The maximum Gasteiger partial charge on any atom is 0.338 e. The van der Waals surface area contributed by atoms with Gasteiger partial charge >= 0.3 is 5.97 Å². The zero-order valence-electron chi connectivity index (χ0n) is 15.3. The van der Waals surface area contributed by atoms with Crippen molar-refractivity contribution in [1.82, 2.24) is 9.55 Å². The highest BCUT2D eigenvalue weighted by Gasteiger charge is 2.18. The lowest BCUT2D eigenvalue weighted by molar-refractivity contribution is -0.119. The minimum Gasteiger partial charge on any atom is -0.452 e. The van der Waals surface area contributed by atoms with Crippen molar-refractivity contribution in [3.63, 3.8) is 0 Å². The van der Waals surface area contributed by atoms with Crippen molar-refractivity contribution in [2.45, 2.75) is 19.4 Å². The summed E-state index contributed by atoms with van der Waals surface area (Å²) < 4.78 is 6.72. The maximum atomic E-state index is 12.5. The number of anilines is 1. The van der Waals surface area contributed by atoms with Crippen LogP contribution in [-0.4, -0.2) is 28.0 Å². The number of nitrogens with zero attached hydrogens (tertiary/aromatic N) is 3. The summed E-state index contributed by atoms with van der Waals surface area (Å²) in [6.07, 6.45) is 1.60. The number of hydrogen-bond donors (Lipinski definition) is 1. The molecule has 2 aromatic carbocycles. The van der Waals surface area contributed by atoms with Gasteiger partial charge < -0.3 is 10.1 Å². The number of hydrogen-bond acceptors (Lipinski definition) is 6. The number of carbonyl (C=O) groups is 2. The number of rotatable bonds is 4. The minimum atomic E-state index is -0.696. The van der Waals surface area contributed by atoms with E-state index in [9.17, 15) is 14.4 Å². The average Bonchev–Trinajstić information content (AvgIpc) is 3.21. The van der Waals surface area contributed by atoms with Crippen LogP contribution in [0.5, 0.6) is 0 Å². The molecule has 2 heterocycles. The Labute approximate surface area is 165 Å². The van der Waals surface area contributed by atoms with Crippen molar-refractivity contribution in [3.8, 4) is 6.07 Å². The largest absolute Gasteiger partial charge is 0.452 e. The molecule has 0 saturated heterocycles. The van der Waals surface area contributed by atoms with Crippen molar-refractivity contribution in [2.24, 2.45) is 0 Å². The van der Waals surface area contributed by atoms with Gasteiger partial charge in [-0.15, -0.1) is 0 Å². The molecule has 0 radical (unpaired) electrons. The predicted octanol–water partition coefficient (Wildman–Crippen LogP) is 2.01. The second-order valence-corrected chi connectivity index (χ2v) is 6.60. The van der Waals surface area contributed by atoms with Gasteiger partial charge in [-0.1, -0.05) is 12.1 Å². The van der Waals surface area contributed by atoms with Crippen LogP contribution in [0, 0.1) is 11.3 Å². The zero-order valence-corrected chi connectivity index (χ0v) is 15.3. The second-order valence-electron chi connectivity index (χ2n) is 6.60. The molecule has 3 aromatic rings. The Morgan fingerprint density at radius 3 is 2.90 bits per heavy atom. The Hall–Kier alpha value is -3.99. The zero-order chi connectivity index (χ0) is 20.4. The molecule has 0 aliphatic carbocycles. The molecule has 0 saturated carbocycles. The summed E-state index contributed by atoms with van der Waals surface area (Å²) in [6.45, 7) is 0.155. The second kappa shape index (κ2) is 7.56. The molecule has 29 heavy (non-hydrogen) atoms. The smallest absolute Gasteiger partial charge is 0.338 e. The number of benzene rings is 2. The first kappa shape index (κ1) is 18.4. The minimum absolute atomic E-state index is 0.113. The fraction of sp³-hybridized carbons (Fsp3) is 0.190. The summed E-state index contributed by atoms with van der Waals surface area (Å²) in [5, 5.41) is 12.0. The maximum absolute atomic E-state index is 12.5. The molecule has 1 aliphatic heterocycles. The van der Waals surface area contributed by atoms with Crippen molar-refractivity contribution < 1.29 is 14.3 Å². The van der Waals surface area contributed by atoms with Gasteiger partial charge in [-0.05, 0) is 36.8 Å². The SMILES string of the molecule is N#Cc1ccccc1NC(=O)COC(=O)c1ccc2c(=O)n3c(nc2c1)CCC3. The summed E-state index contributed by atoms with van der Waals surface area (Å²) in [6, 6.07) is 13.0. The topological polar surface area (TPSA) is 114 Å². The Bertz CT molecular complexity index is 1240. The fourth-order valence-corrected chi connectivity index (χ4v) is 3.30. The highest BCUT2D eigenvalue weighted by molar-refractivity contribution is 5.97. The van der Waals surface area contributed by atoms with E-state index in [1.54, 1.807) is 34.9 Å². The number of carbonyl (C=O) groups excluding carboxylic acids is 2. The molecule has 1 aromatic heterocycles. The van der Waals surface area contributed by atoms with Gasteiger partial charge in [0.1, 0.15) is 11.9 Å². The summed E-state index contributed by atoms with van der Waals surface area (Å²) in [5.74, 6) is -0.544. The monoisotopic (exact) mass is 388 g/mol. The van der Waals surface area contributed by atoms with E-state index in [-0.39, 0.29) is 11.1 Å².